The summed E-state index contributed by atoms with van der Waals surface area (Å²) in [5, 5.41) is 10.2. The van der Waals surface area contributed by atoms with Crippen LogP contribution in [0.25, 0.3) is 0 Å². The molecule has 13 heavy (non-hydrogen) atoms. The predicted octanol–water partition coefficient (Wildman–Crippen LogP) is 0.941. The predicted molar refractivity (Wildman–Crippen MR) is 50.0 cm³/mol. The first-order chi connectivity index (χ1) is 6.11. The van der Waals surface area contributed by atoms with Crippen LogP contribution < -0.4 is 4.87 Å². The lowest BCUT2D eigenvalue weighted by molar-refractivity contribution is -0.132. The minimum absolute atomic E-state index is 0.0746. The number of hydrogen-bond acceptors (Lipinski definition) is 3. The van der Waals surface area contributed by atoms with Crippen LogP contribution >= 0.6 is 11.3 Å². The van der Waals surface area contributed by atoms with Gasteiger partial charge in [-0.3, -0.25) is 4.79 Å². The molecule has 0 radical (unpaired) electrons. The third-order valence-corrected chi connectivity index (χ3v) is 2.27. The number of rotatable bonds is 3. The lowest BCUT2D eigenvalue weighted by Gasteiger charge is -1.95. The van der Waals surface area contributed by atoms with Crippen molar-refractivity contribution in [1.82, 2.24) is 4.57 Å². The van der Waals surface area contributed by atoms with Crippen LogP contribution in [0.5, 0.6) is 0 Å². The van der Waals surface area contributed by atoms with E-state index in [0.29, 0.717) is 6.54 Å². The van der Waals surface area contributed by atoms with E-state index in [1.165, 1.54) is 17.6 Å². The largest absolute Gasteiger partial charge is 0.478 e. The Balaban J connectivity index is 2.72. The summed E-state index contributed by atoms with van der Waals surface area (Å²) in [5.74, 6) is -0.955. The standard InChI is InChI=1S/C8H9NO3S/c1-6(7(10)11)2-3-9-4-5-13-8(9)12/h2,4-5H,3H2,1H3,(H,10,11)/b6-2-. The highest BCUT2D eigenvalue weighted by Gasteiger charge is 1.99. The Morgan fingerprint density at radius 2 is 2.46 bits per heavy atom. The van der Waals surface area contributed by atoms with Crippen LogP contribution in [0.15, 0.2) is 28.0 Å². The molecule has 0 unspecified atom stereocenters. The van der Waals surface area contributed by atoms with Gasteiger partial charge in [0.05, 0.1) is 0 Å². The maximum absolute atomic E-state index is 11.0. The molecule has 4 nitrogen and oxygen atoms in total. The highest BCUT2D eigenvalue weighted by Crippen LogP contribution is 1.95. The summed E-state index contributed by atoms with van der Waals surface area (Å²) in [7, 11) is 0. The first-order valence-corrected chi connectivity index (χ1v) is 4.53. The van der Waals surface area contributed by atoms with Crippen molar-refractivity contribution in [3.63, 3.8) is 0 Å². The van der Waals surface area contributed by atoms with Gasteiger partial charge in [0.1, 0.15) is 0 Å². The average Bonchev–Trinajstić information content (AvgIpc) is 2.47. The quantitative estimate of drug-likeness (QED) is 0.737. The molecule has 0 aliphatic carbocycles. The van der Waals surface area contributed by atoms with E-state index in [1.54, 1.807) is 11.6 Å². The Kier molecular flexibility index (Phi) is 3.02. The van der Waals surface area contributed by atoms with E-state index in [-0.39, 0.29) is 10.4 Å². The Bertz CT molecular complexity index is 388. The molecule has 1 heterocycles. The van der Waals surface area contributed by atoms with E-state index in [1.807, 2.05) is 0 Å². The number of allylic oxidation sites excluding steroid dienone is 1. The Morgan fingerprint density at radius 3 is 2.92 bits per heavy atom. The number of hydrogen-bond donors (Lipinski definition) is 1. The normalized spacial score (nSPS) is 11.6. The molecular formula is C8H9NO3S. The molecule has 0 aliphatic rings. The second kappa shape index (κ2) is 4.04. The maximum Gasteiger partial charge on any atom is 0.331 e. The first-order valence-electron chi connectivity index (χ1n) is 3.65. The van der Waals surface area contributed by atoms with Crippen LogP contribution in [0, 0.1) is 0 Å². The van der Waals surface area contributed by atoms with E-state index in [2.05, 4.69) is 0 Å². The number of aliphatic carboxylic acids is 1. The van der Waals surface area contributed by atoms with Crippen molar-refractivity contribution in [1.29, 1.82) is 0 Å². The summed E-state index contributed by atoms with van der Waals surface area (Å²) >= 11 is 1.10. The molecule has 0 aromatic carbocycles. The Labute approximate surface area is 78.8 Å². The highest BCUT2D eigenvalue weighted by molar-refractivity contribution is 7.07. The molecule has 0 saturated heterocycles. The van der Waals surface area contributed by atoms with Crippen molar-refractivity contribution in [3.05, 3.63) is 32.9 Å². The summed E-state index contributed by atoms with van der Waals surface area (Å²) in [6.07, 6.45) is 3.15. The molecule has 0 spiro atoms. The molecule has 1 aromatic heterocycles. The van der Waals surface area contributed by atoms with Gasteiger partial charge in [0.15, 0.2) is 0 Å². The van der Waals surface area contributed by atoms with Gasteiger partial charge < -0.3 is 9.67 Å². The van der Waals surface area contributed by atoms with E-state index in [4.69, 9.17) is 5.11 Å². The lowest BCUT2D eigenvalue weighted by atomic mass is 10.3. The van der Waals surface area contributed by atoms with Gasteiger partial charge >= 0.3 is 10.8 Å². The van der Waals surface area contributed by atoms with Crippen LogP contribution in [0.3, 0.4) is 0 Å². The third kappa shape index (κ3) is 2.55. The Hall–Kier alpha value is -1.36. The number of carbonyl (C=O) groups is 1. The van der Waals surface area contributed by atoms with Crippen LogP contribution in [0.2, 0.25) is 0 Å². The van der Waals surface area contributed by atoms with Crippen molar-refractivity contribution in [2.45, 2.75) is 13.5 Å². The molecular weight excluding hydrogens is 190 g/mol. The van der Waals surface area contributed by atoms with E-state index >= 15 is 0 Å². The smallest absolute Gasteiger partial charge is 0.331 e. The SMILES string of the molecule is C/C(=C/Cn1ccsc1=O)C(=O)O. The summed E-state index contributed by atoms with van der Waals surface area (Å²) in [4.78, 5) is 21.3. The second-order valence-electron chi connectivity index (χ2n) is 2.51. The summed E-state index contributed by atoms with van der Waals surface area (Å²) < 4.78 is 1.46. The van der Waals surface area contributed by atoms with Gasteiger partial charge in [0.25, 0.3) is 0 Å². The summed E-state index contributed by atoms with van der Waals surface area (Å²) in [6.45, 7) is 1.82. The molecule has 1 aromatic rings. The Morgan fingerprint density at radius 1 is 1.77 bits per heavy atom. The zero-order valence-electron chi connectivity index (χ0n) is 7.06. The minimum Gasteiger partial charge on any atom is -0.478 e. The fourth-order valence-electron chi connectivity index (χ4n) is 0.749. The molecule has 5 heteroatoms. The van der Waals surface area contributed by atoms with Crippen molar-refractivity contribution in [2.24, 2.45) is 0 Å². The fraction of sp³-hybridized carbons (Fsp3) is 0.250. The van der Waals surface area contributed by atoms with Crippen molar-refractivity contribution in [3.8, 4) is 0 Å². The van der Waals surface area contributed by atoms with Crippen molar-refractivity contribution < 1.29 is 9.90 Å². The number of carboxylic acid groups (broad SMARTS) is 1. The van der Waals surface area contributed by atoms with Gasteiger partial charge in [-0.15, -0.1) is 0 Å². The molecule has 0 saturated carbocycles. The second-order valence-corrected chi connectivity index (χ2v) is 3.37. The first kappa shape index (κ1) is 9.73. The van der Waals surface area contributed by atoms with Crippen LogP contribution in [-0.2, 0) is 11.3 Å². The van der Waals surface area contributed by atoms with Crippen molar-refractivity contribution >= 4 is 17.3 Å². The molecule has 0 atom stereocenters. The number of aromatic nitrogens is 1. The molecule has 0 fully saturated rings. The lowest BCUT2D eigenvalue weighted by Crippen LogP contribution is -2.11. The molecule has 0 aliphatic heterocycles. The van der Waals surface area contributed by atoms with E-state index < -0.39 is 5.97 Å². The summed E-state index contributed by atoms with van der Waals surface area (Å²) in [5.41, 5.74) is 0.248. The van der Waals surface area contributed by atoms with Crippen molar-refractivity contribution in [2.75, 3.05) is 0 Å². The topological polar surface area (TPSA) is 59.3 Å². The van der Waals surface area contributed by atoms with Crippen LogP contribution in [0.1, 0.15) is 6.92 Å². The maximum atomic E-state index is 11.0. The van der Waals surface area contributed by atoms with Gasteiger partial charge in [0.2, 0.25) is 0 Å². The summed E-state index contributed by atoms with van der Waals surface area (Å²) in [6, 6.07) is 0. The van der Waals surface area contributed by atoms with Gasteiger partial charge in [-0.1, -0.05) is 17.4 Å². The molecule has 0 bridgehead atoms. The van der Waals surface area contributed by atoms with Gasteiger partial charge in [-0.05, 0) is 6.92 Å². The number of carboxylic acids is 1. The average molecular weight is 199 g/mol. The third-order valence-electron chi connectivity index (χ3n) is 1.58. The number of nitrogens with zero attached hydrogens (tertiary/aromatic N) is 1. The number of thiazole rings is 1. The van der Waals surface area contributed by atoms with Gasteiger partial charge in [-0.2, -0.15) is 0 Å². The fourth-order valence-corrected chi connectivity index (χ4v) is 1.34. The van der Waals surface area contributed by atoms with E-state index in [9.17, 15) is 9.59 Å². The zero-order valence-corrected chi connectivity index (χ0v) is 7.87. The minimum atomic E-state index is -0.955. The van der Waals surface area contributed by atoms with Gasteiger partial charge in [-0.25, -0.2) is 4.79 Å². The molecule has 70 valence electrons. The van der Waals surface area contributed by atoms with Crippen LogP contribution in [-0.4, -0.2) is 15.6 Å². The van der Waals surface area contributed by atoms with Gasteiger partial charge in [0, 0.05) is 23.7 Å². The van der Waals surface area contributed by atoms with Crippen LogP contribution in [0.4, 0.5) is 0 Å². The molecule has 1 rings (SSSR count). The zero-order chi connectivity index (χ0) is 9.84. The molecule has 1 N–H and O–H groups in total. The highest BCUT2D eigenvalue weighted by atomic mass is 32.1. The molecule has 0 amide bonds. The van der Waals surface area contributed by atoms with E-state index in [0.717, 1.165) is 11.3 Å². The monoisotopic (exact) mass is 199 g/mol.